The van der Waals surface area contributed by atoms with Crippen molar-refractivity contribution >= 4 is 0 Å². The third-order valence-electron chi connectivity index (χ3n) is 3.82. The summed E-state index contributed by atoms with van der Waals surface area (Å²) in [6.07, 6.45) is 3.77. The van der Waals surface area contributed by atoms with Crippen molar-refractivity contribution in [3.63, 3.8) is 0 Å². The van der Waals surface area contributed by atoms with E-state index in [-0.39, 0.29) is 6.10 Å². The first kappa shape index (κ1) is 13.2. The molecule has 18 heavy (non-hydrogen) atoms. The van der Waals surface area contributed by atoms with E-state index >= 15 is 0 Å². The average Bonchev–Trinajstić information content (AvgIpc) is 2.39. The lowest BCUT2D eigenvalue weighted by molar-refractivity contribution is 0.0740. The van der Waals surface area contributed by atoms with Crippen LogP contribution < -0.4 is 15.2 Å². The largest absolute Gasteiger partial charge is 0.497 e. The molecule has 1 aliphatic carbocycles. The molecule has 3 nitrogen and oxygen atoms in total. The van der Waals surface area contributed by atoms with E-state index < -0.39 is 0 Å². The zero-order valence-electron chi connectivity index (χ0n) is 11.3. The van der Waals surface area contributed by atoms with Crippen LogP contribution in [0.25, 0.3) is 0 Å². The second-order valence-electron chi connectivity index (χ2n) is 5.25. The SMILES string of the molecule is COc1cccc(OC2CC(C)CCC2CN)c1. The minimum atomic E-state index is 0.242. The van der Waals surface area contributed by atoms with Gasteiger partial charge >= 0.3 is 0 Å². The summed E-state index contributed by atoms with van der Waals surface area (Å²) in [6, 6.07) is 7.80. The lowest BCUT2D eigenvalue weighted by Gasteiger charge is -2.34. The van der Waals surface area contributed by atoms with Gasteiger partial charge < -0.3 is 15.2 Å². The third-order valence-corrected chi connectivity index (χ3v) is 3.82. The van der Waals surface area contributed by atoms with Crippen molar-refractivity contribution in [1.82, 2.24) is 0 Å². The number of rotatable bonds is 4. The fourth-order valence-corrected chi connectivity index (χ4v) is 2.65. The molecule has 0 aliphatic heterocycles. The molecule has 1 aliphatic rings. The Balaban J connectivity index is 2.05. The fourth-order valence-electron chi connectivity index (χ4n) is 2.65. The number of methoxy groups -OCH3 is 1. The Hall–Kier alpha value is -1.22. The van der Waals surface area contributed by atoms with Gasteiger partial charge in [0.15, 0.2) is 0 Å². The highest BCUT2D eigenvalue weighted by molar-refractivity contribution is 5.33. The third kappa shape index (κ3) is 3.16. The van der Waals surface area contributed by atoms with Crippen molar-refractivity contribution in [2.45, 2.75) is 32.3 Å². The van der Waals surface area contributed by atoms with Crippen molar-refractivity contribution in [3.05, 3.63) is 24.3 Å². The lowest BCUT2D eigenvalue weighted by Crippen LogP contribution is -2.37. The summed E-state index contributed by atoms with van der Waals surface area (Å²) in [4.78, 5) is 0. The highest BCUT2D eigenvalue weighted by Gasteiger charge is 2.29. The van der Waals surface area contributed by atoms with Gasteiger partial charge in [-0.15, -0.1) is 0 Å². The molecule has 0 radical (unpaired) electrons. The summed E-state index contributed by atoms with van der Waals surface area (Å²) in [5.41, 5.74) is 5.84. The van der Waals surface area contributed by atoms with E-state index in [0.29, 0.717) is 12.5 Å². The van der Waals surface area contributed by atoms with Crippen LogP contribution in [0.15, 0.2) is 24.3 Å². The predicted molar refractivity (Wildman–Crippen MR) is 73.0 cm³/mol. The monoisotopic (exact) mass is 249 g/mol. The maximum absolute atomic E-state index is 6.11. The molecule has 1 aromatic rings. The molecule has 2 N–H and O–H groups in total. The van der Waals surface area contributed by atoms with Gasteiger partial charge in [0, 0.05) is 12.0 Å². The molecule has 1 fully saturated rings. The van der Waals surface area contributed by atoms with Crippen molar-refractivity contribution in [2.75, 3.05) is 13.7 Å². The Labute approximate surface area is 109 Å². The van der Waals surface area contributed by atoms with Crippen LogP contribution in [0.5, 0.6) is 11.5 Å². The van der Waals surface area contributed by atoms with Gasteiger partial charge in [0.25, 0.3) is 0 Å². The molecule has 2 rings (SSSR count). The van der Waals surface area contributed by atoms with Crippen LogP contribution in [0.2, 0.25) is 0 Å². The molecule has 0 saturated heterocycles. The molecular formula is C15H23NO2. The lowest BCUT2D eigenvalue weighted by atomic mass is 9.80. The van der Waals surface area contributed by atoms with Gasteiger partial charge in [-0.05, 0) is 37.4 Å². The van der Waals surface area contributed by atoms with Crippen molar-refractivity contribution in [1.29, 1.82) is 0 Å². The summed E-state index contributed by atoms with van der Waals surface area (Å²) in [5.74, 6) is 2.92. The minimum absolute atomic E-state index is 0.242. The molecule has 0 bridgehead atoms. The van der Waals surface area contributed by atoms with Gasteiger partial charge in [0.2, 0.25) is 0 Å². The fraction of sp³-hybridized carbons (Fsp3) is 0.600. The second-order valence-corrected chi connectivity index (χ2v) is 5.25. The molecule has 100 valence electrons. The van der Waals surface area contributed by atoms with Crippen molar-refractivity contribution in [2.24, 2.45) is 17.6 Å². The Morgan fingerprint density at radius 3 is 2.78 bits per heavy atom. The molecule has 3 unspecified atom stereocenters. The van der Waals surface area contributed by atoms with Crippen LogP contribution in [0.1, 0.15) is 26.2 Å². The summed E-state index contributed by atoms with van der Waals surface area (Å²) >= 11 is 0. The maximum Gasteiger partial charge on any atom is 0.123 e. The van der Waals surface area contributed by atoms with E-state index in [0.717, 1.165) is 23.8 Å². The van der Waals surface area contributed by atoms with Crippen LogP contribution in [0.4, 0.5) is 0 Å². The van der Waals surface area contributed by atoms with E-state index in [1.165, 1.54) is 12.8 Å². The summed E-state index contributed by atoms with van der Waals surface area (Å²) in [5, 5.41) is 0. The molecule has 0 amide bonds. The average molecular weight is 249 g/mol. The Bertz CT molecular complexity index is 381. The van der Waals surface area contributed by atoms with E-state index in [1.54, 1.807) is 7.11 Å². The van der Waals surface area contributed by atoms with E-state index in [1.807, 2.05) is 24.3 Å². The molecular weight excluding hydrogens is 226 g/mol. The second kappa shape index (κ2) is 6.10. The highest BCUT2D eigenvalue weighted by atomic mass is 16.5. The highest BCUT2D eigenvalue weighted by Crippen LogP contribution is 2.32. The minimum Gasteiger partial charge on any atom is -0.497 e. The number of hydrogen-bond donors (Lipinski definition) is 1. The van der Waals surface area contributed by atoms with Gasteiger partial charge in [-0.1, -0.05) is 19.4 Å². The van der Waals surface area contributed by atoms with E-state index in [9.17, 15) is 0 Å². The molecule has 0 spiro atoms. The van der Waals surface area contributed by atoms with Gasteiger partial charge in [0.05, 0.1) is 7.11 Å². The van der Waals surface area contributed by atoms with Gasteiger partial charge in [-0.3, -0.25) is 0 Å². The van der Waals surface area contributed by atoms with E-state index in [4.69, 9.17) is 15.2 Å². The smallest absolute Gasteiger partial charge is 0.123 e. The first-order valence-corrected chi connectivity index (χ1v) is 6.73. The van der Waals surface area contributed by atoms with Gasteiger partial charge in [-0.2, -0.15) is 0 Å². The Morgan fingerprint density at radius 2 is 2.06 bits per heavy atom. The summed E-state index contributed by atoms with van der Waals surface area (Å²) in [7, 11) is 1.67. The molecule has 1 saturated carbocycles. The van der Waals surface area contributed by atoms with Crippen LogP contribution in [0, 0.1) is 11.8 Å². The molecule has 3 atom stereocenters. The zero-order valence-corrected chi connectivity index (χ0v) is 11.3. The van der Waals surface area contributed by atoms with Crippen LogP contribution in [0.3, 0.4) is 0 Å². The number of nitrogens with two attached hydrogens (primary N) is 1. The normalized spacial score (nSPS) is 27.8. The van der Waals surface area contributed by atoms with Gasteiger partial charge in [0.1, 0.15) is 17.6 Å². The molecule has 0 heterocycles. The van der Waals surface area contributed by atoms with Crippen LogP contribution in [-0.2, 0) is 0 Å². The zero-order chi connectivity index (χ0) is 13.0. The molecule has 1 aromatic carbocycles. The quantitative estimate of drug-likeness (QED) is 0.892. The van der Waals surface area contributed by atoms with Crippen molar-refractivity contribution in [3.8, 4) is 11.5 Å². The number of benzene rings is 1. The topological polar surface area (TPSA) is 44.5 Å². The standard InChI is InChI=1S/C15H23NO2/c1-11-6-7-12(10-16)15(8-11)18-14-5-3-4-13(9-14)17-2/h3-5,9,11-12,15H,6-8,10,16H2,1-2H3. The van der Waals surface area contributed by atoms with Crippen molar-refractivity contribution < 1.29 is 9.47 Å². The first-order chi connectivity index (χ1) is 8.72. The first-order valence-electron chi connectivity index (χ1n) is 6.73. The van der Waals surface area contributed by atoms with E-state index in [2.05, 4.69) is 6.92 Å². The van der Waals surface area contributed by atoms with Crippen LogP contribution >= 0.6 is 0 Å². The number of hydrogen-bond acceptors (Lipinski definition) is 3. The van der Waals surface area contributed by atoms with Crippen LogP contribution in [-0.4, -0.2) is 19.8 Å². The Kier molecular flexibility index (Phi) is 4.48. The van der Waals surface area contributed by atoms with Gasteiger partial charge in [-0.25, -0.2) is 0 Å². The summed E-state index contributed by atoms with van der Waals surface area (Å²) < 4.78 is 11.3. The number of ether oxygens (including phenoxy) is 2. The predicted octanol–water partition coefficient (Wildman–Crippen LogP) is 2.84. The Morgan fingerprint density at radius 1 is 1.28 bits per heavy atom. The molecule has 3 heteroatoms. The molecule has 0 aromatic heterocycles. The maximum atomic E-state index is 6.11. The summed E-state index contributed by atoms with van der Waals surface area (Å²) in [6.45, 7) is 3.00.